The lowest BCUT2D eigenvalue weighted by molar-refractivity contribution is 0.143. The Bertz CT molecular complexity index is 759. The van der Waals surface area contributed by atoms with Crippen LogP contribution in [-0.4, -0.2) is 35.7 Å². The van der Waals surface area contributed by atoms with Crippen LogP contribution >= 0.6 is 0 Å². The summed E-state index contributed by atoms with van der Waals surface area (Å²) in [4.78, 5) is 0. The fourth-order valence-electron chi connectivity index (χ4n) is 3.33. The van der Waals surface area contributed by atoms with Gasteiger partial charge in [-0.25, -0.2) is 0 Å². The van der Waals surface area contributed by atoms with Crippen molar-refractivity contribution < 1.29 is 17.0 Å². The molecule has 0 aliphatic heterocycles. The Morgan fingerprint density at radius 1 is 0.923 bits per heavy atom. The van der Waals surface area contributed by atoms with Crippen molar-refractivity contribution in [3.05, 3.63) is 60.7 Å². The van der Waals surface area contributed by atoms with E-state index in [4.69, 9.17) is 8.61 Å². The zero-order chi connectivity index (χ0) is 19.4. The first-order valence-corrected chi connectivity index (χ1v) is 12.4. The fourth-order valence-corrected chi connectivity index (χ4v) is 8.62. The smallest absolute Gasteiger partial charge is 0.264 e. The van der Waals surface area contributed by atoms with E-state index in [1.165, 1.54) is 0 Å². The molecule has 2 rings (SSSR count). The Labute approximate surface area is 158 Å². The summed E-state index contributed by atoms with van der Waals surface area (Å²) in [5, 5.41) is 2.16. The van der Waals surface area contributed by atoms with E-state index in [0.29, 0.717) is 0 Å². The van der Waals surface area contributed by atoms with E-state index in [2.05, 4.69) is 45.0 Å². The Morgan fingerprint density at radius 3 is 1.69 bits per heavy atom. The standard InChI is InChI=1S/C20H28O4SSi/c1-17(24-25(5,21)22)16-23-26(20(2,3)4,18-12-8-6-9-13-18)19-14-10-7-11-15-19/h6-15,17H,16H2,1-5H3. The minimum atomic E-state index is -3.52. The van der Waals surface area contributed by atoms with Gasteiger partial charge in [-0.2, -0.15) is 8.42 Å². The maximum absolute atomic E-state index is 11.4. The van der Waals surface area contributed by atoms with Crippen molar-refractivity contribution in [2.75, 3.05) is 12.9 Å². The highest BCUT2D eigenvalue weighted by atomic mass is 32.2. The summed E-state index contributed by atoms with van der Waals surface area (Å²) in [7, 11) is -6.18. The molecule has 0 aromatic heterocycles. The summed E-state index contributed by atoms with van der Waals surface area (Å²) in [6.07, 6.45) is 0.512. The highest BCUT2D eigenvalue weighted by molar-refractivity contribution is 7.86. The molecule has 0 saturated carbocycles. The van der Waals surface area contributed by atoms with Crippen molar-refractivity contribution in [2.24, 2.45) is 0 Å². The summed E-state index contributed by atoms with van der Waals surface area (Å²) in [6.45, 7) is 8.48. The Kier molecular flexibility index (Phi) is 6.45. The highest BCUT2D eigenvalue weighted by Crippen LogP contribution is 2.36. The topological polar surface area (TPSA) is 52.6 Å². The molecule has 2 aromatic rings. The lowest BCUT2D eigenvalue weighted by Gasteiger charge is -2.43. The summed E-state index contributed by atoms with van der Waals surface area (Å²) in [5.41, 5.74) is 0. The van der Waals surface area contributed by atoms with Crippen molar-refractivity contribution in [1.82, 2.24) is 0 Å². The molecule has 0 N–H and O–H groups in total. The SMILES string of the molecule is CC(CO[Si](c1ccccc1)(c1ccccc1)C(C)(C)C)OS(C)(=O)=O. The average molecular weight is 393 g/mol. The van der Waals surface area contributed by atoms with Crippen LogP contribution in [0.4, 0.5) is 0 Å². The molecule has 0 bridgehead atoms. The van der Waals surface area contributed by atoms with Crippen LogP contribution in [0.3, 0.4) is 0 Å². The van der Waals surface area contributed by atoms with Crippen molar-refractivity contribution in [3.8, 4) is 0 Å². The molecule has 4 nitrogen and oxygen atoms in total. The summed E-state index contributed by atoms with van der Waals surface area (Å²) in [6, 6.07) is 20.5. The molecule has 0 spiro atoms. The molecular formula is C20H28O4SSi. The van der Waals surface area contributed by atoms with Gasteiger partial charge in [-0.15, -0.1) is 0 Å². The van der Waals surface area contributed by atoms with Crippen LogP contribution in [0.5, 0.6) is 0 Å². The quantitative estimate of drug-likeness (QED) is 0.537. The van der Waals surface area contributed by atoms with Crippen molar-refractivity contribution >= 4 is 28.8 Å². The molecule has 6 heteroatoms. The van der Waals surface area contributed by atoms with Gasteiger partial charge in [-0.3, -0.25) is 4.18 Å². The van der Waals surface area contributed by atoms with Crippen LogP contribution in [0.2, 0.25) is 5.04 Å². The van der Waals surface area contributed by atoms with Crippen molar-refractivity contribution in [3.63, 3.8) is 0 Å². The Morgan fingerprint density at radius 2 is 1.35 bits per heavy atom. The van der Waals surface area contributed by atoms with Gasteiger partial charge in [0.15, 0.2) is 0 Å². The van der Waals surface area contributed by atoms with Gasteiger partial charge in [-0.05, 0) is 22.3 Å². The molecular weight excluding hydrogens is 364 g/mol. The second-order valence-electron chi connectivity index (χ2n) is 7.59. The minimum Gasteiger partial charge on any atom is -0.405 e. The molecule has 26 heavy (non-hydrogen) atoms. The second-order valence-corrected chi connectivity index (χ2v) is 13.5. The lowest BCUT2D eigenvalue weighted by atomic mass is 10.2. The molecule has 0 aliphatic carbocycles. The van der Waals surface area contributed by atoms with E-state index in [-0.39, 0.29) is 11.6 Å². The van der Waals surface area contributed by atoms with E-state index in [9.17, 15) is 8.42 Å². The van der Waals surface area contributed by atoms with Gasteiger partial charge >= 0.3 is 0 Å². The van der Waals surface area contributed by atoms with Gasteiger partial charge in [-0.1, -0.05) is 81.4 Å². The van der Waals surface area contributed by atoms with E-state index in [1.807, 2.05) is 36.4 Å². The molecule has 0 radical (unpaired) electrons. The van der Waals surface area contributed by atoms with E-state index >= 15 is 0 Å². The predicted octanol–water partition coefficient (Wildman–Crippen LogP) is 2.93. The molecule has 0 aliphatic rings. The van der Waals surface area contributed by atoms with Crippen LogP contribution in [0.25, 0.3) is 0 Å². The zero-order valence-corrected chi connectivity index (χ0v) is 17.9. The number of rotatable bonds is 7. The number of hydrogen-bond donors (Lipinski definition) is 0. The van der Waals surface area contributed by atoms with Gasteiger partial charge in [0.1, 0.15) is 0 Å². The van der Waals surface area contributed by atoms with Crippen LogP contribution < -0.4 is 10.4 Å². The molecule has 0 amide bonds. The van der Waals surface area contributed by atoms with Gasteiger partial charge < -0.3 is 4.43 Å². The molecule has 0 saturated heterocycles. The Balaban J connectivity index is 2.51. The van der Waals surface area contributed by atoms with E-state index in [1.54, 1.807) is 6.92 Å². The summed E-state index contributed by atoms with van der Waals surface area (Å²) in [5.74, 6) is 0. The summed E-state index contributed by atoms with van der Waals surface area (Å²) < 4.78 is 34.6. The normalized spacial score (nSPS) is 14.2. The van der Waals surface area contributed by atoms with Gasteiger partial charge in [0, 0.05) is 0 Å². The monoisotopic (exact) mass is 392 g/mol. The number of hydrogen-bond acceptors (Lipinski definition) is 4. The maximum atomic E-state index is 11.4. The van der Waals surface area contributed by atoms with Crippen molar-refractivity contribution in [1.29, 1.82) is 0 Å². The fraction of sp³-hybridized carbons (Fsp3) is 0.400. The predicted molar refractivity (Wildman–Crippen MR) is 109 cm³/mol. The summed E-state index contributed by atoms with van der Waals surface area (Å²) >= 11 is 0. The third-order valence-electron chi connectivity index (χ3n) is 4.29. The molecule has 2 aromatic carbocycles. The first-order chi connectivity index (χ1) is 12.1. The largest absolute Gasteiger partial charge is 0.405 e. The van der Waals surface area contributed by atoms with Gasteiger partial charge in [0.2, 0.25) is 0 Å². The van der Waals surface area contributed by atoms with Crippen LogP contribution in [-0.2, 0) is 18.7 Å². The van der Waals surface area contributed by atoms with Crippen LogP contribution in [0, 0.1) is 0 Å². The van der Waals surface area contributed by atoms with Crippen molar-refractivity contribution in [2.45, 2.75) is 38.8 Å². The first-order valence-electron chi connectivity index (χ1n) is 8.69. The van der Waals surface area contributed by atoms with Gasteiger partial charge in [0.05, 0.1) is 19.0 Å². The second kappa shape index (κ2) is 8.04. The van der Waals surface area contributed by atoms with Gasteiger partial charge in [0.25, 0.3) is 18.4 Å². The minimum absolute atomic E-state index is 0.152. The average Bonchev–Trinajstić information content (AvgIpc) is 2.54. The number of benzene rings is 2. The molecule has 1 unspecified atom stereocenters. The lowest BCUT2D eigenvalue weighted by Crippen LogP contribution is -2.67. The molecule has 142 valence electrons. The zero-order valence-electron chi connectivity index (χ0n) is 16.1. The van der Waals surface area contributed by atoms with Crippen LogP contribution in [0.1, 0.15) is 27.7 Å². The van der Waals surface area contributed by atoms with E-state index in [0.717, 1.165) is 16.6 Å². The third-order valence-corrected chi connectivity index (χ3v) is 9.97. The molecule has 0 fully saturated rings. The highest BCUT2D eigenvalue weighted by Gasteiger charge is 2.50. The third kappa shape index (κ3) is 4.82. The maximum Gasteiger partial charge on any atom is 0.264 e. The first kappa shape index (κ1) is 20.8. The van der Waals surface area contributed by atoms with E-state index < -0.39 is 24.5 Å². The molecule has 1 atom stereocenters. The van der Waals surface area contributed by atoms with Crippen LogP contribution in [0.15, 0.2) is 60.7 Å². The molecule has 0 heterocycles. The Hall–Kier alpha value is -1.47.